The molecule has 20 heavy (non-hydrogen) atoms. The molecule has 1 aromatic carbocycles. The third-order valence-electron chi connectivity index (χ3n) is 3.53. The second-order valence-corrected chi connectivity index (χ2v) is 7.28. The van der Waals surface area contributed by atoms with Crippen molar-refractivity contribution in [3.63, 3.8) is 0 Å². The van der Waals surface area contributed by atoms with E-state index in [1.165, 1.54) is 4.31 Å². The lowest BCUT2D eigenvalue weighted by Gasteiger charge is -2.29. The van der Waals surface area contributed by atoms with Gasteiger partial charge in [0.1, 0.15) is 5.82 Å². The maximum Gasteiger partial charge on any atom is 0.255 e. The molecule has 2 rings (SSSR count). The number of nitrogens with zero attached hydrogens (tertiary/aromatic N) is 1. The number of piperidine rings is 1. The van der Waals surface area contributed by atoms with Gasteiger partial charge in [0.05, 0.1) is 10.5 Å². The van der Waals surface area contributed by atoms with Gasteiger partial charge in [-0.15, -0.1) is 0 Å². The molecule has 1 aliphatic rings. The Kier molecular flexibility index (Phi) is 4.46. The van der Waals surface area contributed by atoms with Crippen molar-refractivity contribution in [1.29, 1.82) is 0 Å². The third-order valence-corrected chi connectivity index (χ3v) is 5.63. The van der Waals surface area contributed by atoms with Crippen LogP contribution < -0.4 is 0 Å². The molecule has 4 nitrogen and oxygen atoms in total. The SMILES string of the molecule is CC1CCN(S(=O)(=O)c2ccc(F)c(C(=O)Cl)c2)CC1. The fourth-order valence-corrected chi connectivity index (χ4v) is 3.83. The Morgan fingerprint density at radius 3 is 2.50 bits per heavy atom. The van der Waals surface area contributed by atoms with Crippen molar-refractivity contribution < 1.29 is 17.6 Å². The third kappa shape index (κ3) is 3.02. The second-order valence-electron chi connectivity index (χ2n) is 5.00. The van der Waals surface area contributed by atoms with E-state index < -0.39 is 26.6 Å². The maximum absolute atomic E-state index is 13.4. The summed E-state index contributed by atoms with van der Waals surface area (Å²) in [7, 11) is -3.70. The fraction of sp³-hybridized carbons (Fsp3) is 0.462. The lowest BCUT2D eigenvalue weighted by molar-refractivity contribution is 0.107. The Bertz CT molecular complexity index is 625. The smallest absolute Gasteiger partial charge is 0.255 e. The molecule has 110 valence electrons. The molecule has 1 fully saturated rings. The molecule has 7 heteroatoms. The van der Waals surface area contributed by atoms with Crippen LogP contribution in [0.4, 0.5) is 4.39 Å². The molecule has 1 heterocycles. The molecule has 0 amide bonds. The molecule has 0 aromatic heterocycles. The van der Waals surface area contributed by atoms with Gasteiger partial charge >= 0.3 is 0 Å². The van der Waals surface area contributed by atoms with Crippen molar-refractivity contribution in [1.82, 2.24) is 4.31 Å². The number of rotatable bonds is 3. The van der Waals surface area contributed by atoms with Gasteiger partial charge in [-0.1, -0.05) is 6.92 Å². The van der Waals surface area contributed by atoms with Crippen LogP contribution in [-0.2, 0) is 10.0 Å². The van der Waals surface area contributed by atoms with E-state index in [-0.39, 0.29) is 4.90 Å². The first-order chi connectivity index (χ1) is 9.32. The number of carbonyl (C=O) groups is 1. The topological polar surface area (TPSA) is 54.5 Å². The van der Waals surface area contributed by atoms with E-state index in [9.17, 15) is 17.6 Å². The second kappa shape index (κ2) is 5.79. The Morgan fingerprint density at radius 1 is 1.35 bits per heavy atom. The zero-order valence-electron chi connectivity index (χ0n) is 11.0. The normalized spacial score (nSPS) is 18.1. The van der Waals surface area contributed by atoms with Crippen LogP contribution in [-0.4, -0.2) is 31.1 Å². The number of hydrogen-bond donors (Lipinski definition) is 0. The van der Waals surface area contributed by atoms with E-state index in [0.717, 1.165) is 31.0 Å². The number of sulfonamides is 1. The summed E-state index contributed by atoms with van der Waals surface area (Å²) in [5.41, 5.74) is -0.418. The molecule has 0 radical (unpaired) electrons. The van der Waals surface area contributed by atoms with E-state index in [4.69, 9.17) is 11.6 Å². The Labute approximate surface area is 122 Å². The number of benzene rings is 1. The summed E-state index contributed by atoms with van der Waals surface area (Å²) in [5.74, 6) is -0.328. The highest BCUT2D eigenvalue weighted by molar-refractivity contribution is 7.89. The highest BCUT2D eigenvalue weighted by Gasteiger charge is 2.29. The summed E-state index contributed by atoms with van der Waals surface area (Å²) in [5, 5.41) is -1.01. The van der Waals surface area contributed by atoms with Crippen LogP contribution in [0.5, 0.6) is 0 Å². The lowest BCUT2D eigenvalue weighted by atomic mass is 10.0. The van der Waals surface area contributed by atoms with Crippen LogP contribution in [0.3, 0.4) is 0 Å². The van der Waals surface area contributed by atoms with Gasteiger partial charge in [-0.2, -0.15) is 4.31 Å². The minimum Gasteiger partial charge on any atom is -0.275 e. The monoisotopic (exact) mass is 319 g/mol. The number of hydrogen-bond acceptors (Lipinski definition) is 3. The van der Waals surface area contributed by atoms with Crippen LogP contribution in [0.1, 0.15) is 30.1 Å². The van der Waals surface area contributed by atoms with Gasteiger partial charge in [-0.05, 0) is 48.6 Å². The predicted molar refractivity (Wildman–Crippen MR) is 73.7 cm³/mol. The van der Waals surface area contributed by atoms with Gasteiger partial charge in [-0.25, -0.2) is 12.8 Å². The lowest BCUT2D eigenvalue weighted by Crippen LogP contribution is -2.37. The van der Waals surface area contributed by atoms with Crippen molar-refractivity contribution in [2.24, 2.45) is 5.92 Å². The van der Waals surface area contributed by atoms with Crippen molar-refractivity contribution in [3.8, 4) is 0 Å². The van der Waals surface area contributed by atoms with Gasteiger partial charge in [0.15, 0.2) is 0 Å². The summed E-state index contributed by atoms with van der Waals surface area (Å²) in [6.07, 6.45) is 1.59. The standard InChI is InChI=1S/C13H15ClFNO3S/c1-9-4-6-16(7-5-9)20(18,19)10-2-3-12(15)11(8-10)13(14)17/h2-3,8-9H,4-7H2,1H3. The van der Waals surface area contributed by atoms with Crippen LogP contribution >= 0.6 is 11.6 Å². The van der Waals surface area contributed by atoms with Gasteiger partial charge in [0, 0.05) is 13.1 Å². The van der Waals surface area contributed by atoms with Crippen LogP contribution in [0.25, 0.3) is 0 Å². The first-order valence-corrected chi connectivity index (χ1v) is 8.13. The zero-order chi connectivity index (χ0) is 14.9. The molecule has 0 N–H and O–H groups in total. The van der Waals surface area contributed by atoms with Crippen molar-refractivity contribution in [2.45, 2.75) is 24.7 Å². The average Bonchev–Trinajstić information content (AvgIpc) is 2.39. The quantitative estimate of drug-likeness (QED) is 0.805. The molecule has 1 saturated heterocycles. The van der Waals surface area contributed by atoms with Crippen molar-refractivity contribution >= 4 is 26.9 Å². The first-order valence-electron chi connectivity index (χ1n) is 6.32. The molecule has 1 aliphatic heterocycles. The predicted octanol–water partition coefficient (Wildman–Crippen LogP) is 2.63. The Hall–Kier alpha value is -0.980. The minimum absolute atomic E-state index is 0.0996. The summed E-state index contributed by atoms with van der Waals surface area (Å²) in [4.78, 5) is 11.0. The van der Waals surface area contributed by atoms with Crippen LogP contribution in [0, 0.1) is 11.7 Å². The molecule has 0 bridgehead atoms. The highest BCUT2D eigenvalue weighted by atomic mass is 35.5. The Balaban J connectivity index is 2.35. The van der Waals surface area contributed by atoms with E-state index in [1.54, 1.807) is 0 Å². The molecule has 0 spiro atoms. The highest BCUT2D eigenvalue weighted by Crippen LogP contribution is 2.25. The average molecular weight is 320 g/mol. The largest absolute Gasteiger partial charge is 0.275 e. The summed E-state index contributed by atoms with van der Waals surface area (Å²) in [6.45, 7) is 2.95. The van der Waals surface area contributed by atoms with E-state index >= 15 is 0 Å². The fourth-order valence-electron chi connectivity index (χ4n) is 2.19. The molecule has 0 aliphatic carbocycles. The van der Waals surface area contributed by atoms with Gasteiger partial charge in [0.25, 0.3) is 5.24 Å². The number of halogens is 2. The van der Waals surface area contributed by atoms with Gasteiger partial charge in [0.2, 0.25) is 10.0 Å². The van der Waals surface area contributed by atoms with Gasteiger partial charge < -0.3 is 0 Å². The summed E-state index contributed by atoms with van der Waals surface area (Å²) < 4.78 is 39.6. The van der Waals surface area contributed by atoms with Crippen LogP contribution in [0.2, 0.25) is 0 Å². The van der Waals surface area contributed by atoms with Crippen LogP contribution in [0.15, 0.2) is 23.1 Å². The minimum atomic E-state index is -3.70. The maximum atomic E-state index is 13.4. The molecule has 0 saturated carbocycles. The zero-order valence-corrected chi connectivity index (χ0v) is 12.5. The van der Waals surface area contributed by atoms with E-state index in [0.29, 0.717) is 19.0 Å². The van der Waals surface area contributed by atoms with Crippen molar-refractivity contribution in [3.05, 3.63) is 29.6 Å². The molecule has 1 aromatic rings. The van der Waals surface area contributed by atoms with Crippen molar-refractivity contribution in [2.75, 3.05) is 13.1 Å². The van der Waals surface area contributed by atoms with E-state index in [1.807, 2.05) is 0 Å². The molecule has 0 unspecified atom stereocenters. The van der Waals surface area contributed by atoms with E-state index in [2.05, 4.69) is 6.92 Å². The first kappa shape index (κ1) is 15.4. The molecular weight excluding hydrogens is 305 g/mol. The summed E-state index contributed by atoms with van der Waals surface area (Å²) >= 11 is 5.25. The van der Waals surface area contributed by atoms with Gasteiger partial charge in [-0.3, -0.25) is 4.79 Å². The summed E-state index contributed by atoms with van der Waals surface area (Å²) in [6, 6.07) is 3.11. The molecular formula is C13H15ClFNO3S. The molecule has 0 atom stereocenters. The Morgan fingerprint density at radius 2 is 1.95 bits per heavy atom. The number of carbonyl (C=O) groups excluding carboxylic acids is 1.